The van der Waals surface area contributed by atoms with Gasteiger partial charge in [-0.1, -0.05) is 0 Å². The molecule has 2 saturated heterocycles. The number of carbonyl (C=O) groups is 3. The van der Waals surface area contributed by atoms with E-state index in [4.69, 9.17) is 9.53 Å². The van der Waals surface area contributed by atoms with Gasteiger partial charge in [-0.25, -0.2) is 29.5 Å². The topological polar surface area (TPSA) is 175 Å². The summed E-state index contributed by atoms with van der Waals surface area (Å²) in [5, 5.41) is 5.72. The molecule has 0 bridgehead atoms. The molecule has 1 amide bonds. The van der Waals surface area contributed by atoms with Crippen LogP contribution in [0.1, 0.15) is 77.0 Å². The number of alkyl halides is 3. The molecule has 4 aromatic rings. The number of halogens is 4. The Hall–Kier alpha value is -4.71. The second-order valence-corrected chi connectivity index (χ2v) is 16.2. The first-order chi connectivity index (χ1) is 28.2. The molecule has 2 saturated carbocycles. The van der Waals surface area contributed by atoms with Gasteiger partial charge in [0.1, 0.15) is 35.6 Å². The largest absolute Gasteiger partial charge is 0.457 e. The number of hydrogen-bond donors (Lipinski definition) is 3. The number of aromatic amines is 2. The van der Waals surface area contributed by atoms with Crippen LogP contribution in [-0.2, 0) is 14.3 Å². The van der Waals surface area contributed by atoms with Crippen LogP contribution in [0, 0.1) is 10.8 Å². The maximum absolute atomic E-state index is 11.7. The lowest BCUT2D eigenvalue weighted by Crippen LogP contribution is -2.46. The van der Waals surface area contributed by atoms with Crippen LogP contribution in [-0.4, -0.2) is 125 Å². The average Bonchev–Trinajstić information content (AvgIpc) is 3.95. The number of piperidine rings is 2. The number of carbonyl (C=O) groups excluding carboxylic acids is 3. The third-order valence-corrected chi connectivity index (χ3v) is 12.8. The number of methoxy groups -OCH3 is 2. The minimum absolute atomic E-state index is 0.187. The van der Waals surface area contributed by atoms with Crippen molar-refractivity contribution in [2.24, 2.45) is 10.8 Å². The minimum atomic E-state index is -4.64. The molecule has 324 valence electrons. The summed E-state index contributed by atoms with van der Waals surface area (Å²) >= 11 is 4.60. The molecule has 59 heavy (non-hydrogen) atoms. The fourth-order valence-electron chi connectivity index (χ4n) is 9.08. The minimum Gasteiger partial charge on any atom is -0.457 e. The lowest BCUT2D eigenvalue weighted by Gasteiger charge is -2.47. The average molecular weight is 849 g/mol. The number of aldehydes is 1. The molecular weight excluding hydrogens is 793 g/mol. The Morgan fingerprint density at radius 2 is 1.17 bits per heavy atom. The summed E-state index contributed by atoms with van der Waals surface area (Å²) in [6.07, 6.45) is 16.3. The predicted octanol–water partition coefficient (Wildman–Crippen LogP) is 7.63. The van der Waals surface area contributed by atoms with Gasteiger partial charge in [0, 0.05) is 63.3 Å². The van der Waals surface area contributed by atoms with Gasteiger partial charge < -0.3 is 39.5 Å². The van der Waals surface area contributed by atoms with Crippen LogP contribution < -0.4 is 15.1 Å². The van der Waals surface area contributed by atoms with Crippen molar-refractivity contribution in [3.8, 4) is 0 Å². The van der Waals surface area contributed by atoms with Crippen LogP contribution in [0.15, 0.2) is 37.2 Å². The maximum Gasteiger partial charge on any atom is 0.446 e. The standard InChI is InChI=1S/C19H27N5O2.C17H25N5.C2H3ClO2.C2HF3O/c1-23(17-15-5-10-20-16(15)21-13-22-17)14-3-6-19(7-4-14)8-11-24(12-9-19)18(25)26-2;1-22(16-14-4-9-19-15(14)20-12-21-16)13-2-5-17(6-3-13)7-10-18-11-8-17;1-5-2(3)4;3-2(4,5)1-6/h5,10,13-14H,3-4,6-9,11-12H2,1-2H3,(H,20,21,22);4,9,12-13,18H,2-3,5-8,10-11H2,1H3,(H,19,20,21);1H3;1H. The van der Waals surface area contributed by atoms with Gasteiger partial charge in [0.25, 0.3) is 0 Å². The predicted molar refractivity (Wildman–Crippen MR) is 220 cm³/mol. The monoisotopic (exact) mass is 848 g/mol. The summed E-state index contributed by atoms with van der Waals surface area (Å²) in [4.78, 5) is 60.3. The molecule has 0 radical (unpaired) electrons. The second kappa shape index (κ2) is 20.5. The fourth-order valence-corrected chi connectivity index (χ4v) is 9.08. The van der Waals surface area contributed by atoms with Crippen molar-refractivity contribution in [3.05, 3.63) is 37.2 Å². The highest BCUT2D eigenvalue weighted by Gasteiger charge is 2.41. The zero-order valence-electron chi connectivity index (χ0n) is 34.2. The zero-order valence-corrected chi connectivity index (χ0v) is 34.9. The first-order valence-electron chi connectivity index (χ1n) is 20.0. The van der Waals surface area contributed by atoms with Gasteiger partial charge in [-0.05, 0) is 113 Å². The SMILES string of the molecule is CN(c1ncnc2[nH]ccc12)C1CCC2(CCNCC2)CC1.COC(=O)Cl.COC(=O)N1CCC2(CCC(N(C)c3ncnc4[nH]ccc34)CC2)CC1.O=CC(F)(F)F. The molecule has 4 fully saturated rings. The van der Waals surface area contributed by atoms with Gasteiger partial charge in [0.2, 0.25) is 6.29 Å². The van der Waals surface area contributed by atoms with E-state index in [9.17, 15) is 22.8 Å². The van der Waals surface area contributed by atoms with Crippen LogP contribution in [0.2, 0.25) is 0 Å². The van der Waals surface area contributed by atoms with Gasteiger partial charge in [0.05, 0.1) is 25.0 Å². The molecule has 15 nitrogen and oxygen atoms in total. The van der Waals surface area contributed by atoms with E-state index in [1.165, 1.54) is 91.5 Å². The van der Waals surface area contributed by atoms with E-state index in [-0.39, 0.29) is 6.09 Å². The van der Waals surface area contributed by atoms with Crippen LogP contribution >= 0.6 is 11.6 Å². The molecule has 0 aromatic carbocycles. The Morgan fingerprint density at radius 3 is 1.54 bits per heavy atom. The highest BCUT2D eigenvalue weighted by atomic mass is 35.5. The number of aromatic nitrogens is 6. The molecule has 2 spiro atoms. The van der Waals surface area contributed by atoms with Crippen LogP contribution in [0.25, 0.3) is 22.1 Å². The smallest absolute Gasteiger partial charge is 0.446 e. The van der Waals surface area contributed by atoms with Crippen molar-refractivity contribution < 1.29 is 37.0 Å². The van der Waals surface area contributed by atoms with Crippen LogP contribution in [0.3, 0.4) is 0 Å². The van der Waals surface area contributed by atoms with Gasteiger partial charge in [-0.15, -0.1) is 0 Å². The summed E-state index contributed by atoms with van der Waals surface area (Å²) in [6, 6.07) is 5.24. The molecule has 0 atom stereocenters. The Kier molecular flexibility index (Phi) is 15.8. The zero-order chi connectivity index (χ0) is 42.6. The molecule has 4 aromatic heterocycles. The molecular formula is C40H56ClF3N10O5. The van der Waals surface area contributed by atoms with Crippen LogP contribution in [0.5, 0.6) is 0 Å². The molecule has 2 aliphatic carbocycles. The Balaban J connectivity index is 0.000000181. The lowest BCUT2D eigenvalue weighted by molar-refractivity contribution is -0.156. The molecule has 3 N–H and O–H groups in total. The van der Waals surface area contributed by atoms with E-state index in [1.54, 1.807) is 12.7 Å². The number of nitrogens with one attached hydrogen (secondary N) is 3. The second-order valence-electron chi connectivity index (χ2n) is 15.9. The maximum atomic E-state index is 11.7. The normalized spacial score (nSPS) is 19.0. The Bertz CT molecular complexity index is 1940. The number of ether oxygens (including phenoxy) is 2. The van der Waals surface area contributed by atoms with Crippen molar-refractivity contribution in [2.45, 2.75) is 95.3 Å². The number of fused-ring (bicyclic) bond motifs is 2. The number of hydrogen-bond acceptors (Lipinski definition) is 12. The van der Waals surface area contributed by atoms with Gasteiger partial charge >= 0.3 is 17.7 Å². The van der Waals surface area contributed by atoms with Crippen LogP contribution in [0.4, 0.5) is 34.4 Å². The summed E-state index contributed by atoms with van der Waals surface area (Å²) < 4.78 is 40.0. The number of likely N-dealkylation sites (tertiary alicyclic amines) is 1. The first-order valence-corrected chi connectivity index (χ1v) is 20.4. The lowest BCUT2D eigenvalue weighted by atomic mass is 9.67. The number of anilines is 2. The number of rotatable bonds is 4. The van der Waals surface area contributed by atoms with E-state index in [0.29, 0.717) is 22.9 Å². The Labute approximate surface area is 347 Å². The fraction of sp³-hybridized carbons (Fsp3) is 0.625. The molecule has 0 unspecified atom stereocenters. The van der Waals surface area contributed by atoms with E-state index in [1.807, 2.05) is 23.4 Å². The molecule has 6 heterocycles. The van der Waals surface area contributed by atoms with Crippen molar-refractivity contribution in [2.75, 3.05) is 64.3 Å². The third-order valence-electron chi connectivity index (χ3n) is 12.7. The van der Waals surface area contributed by atoms with Crippen molar-refractivity contribution in [1.29, 1.82) is 0 Å². The van der Waals surface area contributed by atoms with E-state index >= 15 is 0 Å². The Morgan fingerprint density at radius 1 is 0.763 bits per heavy atom. The molecule has 19 heteroatoms. The molecule has 4 aliphatic rings. The summed E-state index contributed by atoms with van der Waals surface area (Å²) in [6.45, 7) is 4.05. The number of nitrogens with zero attached hydrogens (tertiary/aromatic N) is 7. The first kappa shape index (κ1) is 45.4. The van der Waals surface area contributed by atoms with E-state index < -0.39 is 17.9 Å². The molecule has 8 rings (SSSR count). The van der Waals surface area contributed by atoms with Gasteiger partial charge in [-0.3, -0.25) is 4.79 Å². The van der Waals surface area contributed by atoms with E-state index in [0.717, 1.165) is 59.6 Å². The van der Waals surface area contributed by atoms with Gasteiger partial charge in [-0.2, -0.15) is 13.2 Å². The summed E-state index contributed by atoms with van der Waals surface area (Å²) in [7, 11) is 7.02. The number of amides is 1. The quantitative estimate of drug-likeness (QED) is 0.136. The van der Waals surface area contributed by atoms with E-state index in [2.05, 4.69) is 81.5 Å². The van der Waals surface area contributed by atoms with Crippen molar-refractivity contribution in [1.82, 2.24) is 40.1 Å². The molecule has 2 aliphatic heterocycles. The highest BCUT2D eigenvalue weighted by Crippen LogP contribution is 2.47. The summed E-state index contributed by atoms with van der Waals surface area (Å²) in [5.74, 6) is 2.08. The van der Waals surface area contributed by atoms with Crippen molar-refractivity contribution >= 4 is 63.1 Å². The number of H-pyrrole nitrogens is 2. The third kappa shape index (κ3) is 12.0. The highest BCUT2D eigenvalue weighted by molar-refractivity contribution is 6.61. The van der Waals surface area contributed by atoms with Gasteiger partial charge in [0.15, 0.2) is 0 Å². The van der Waals surface area contributed by atoms with Crippen molar-refractivity contribution in [3.63, 3.8) is 0 Å². The summed E-state index contributed by atoms with van der Waals surface area (Å²) in [5.41, 5.74) is 2.08.